The fourth-order valence-corrected chi connectivity index (χ4v) is 4.85. The van der Waals surface area contributed by atoms with Crippen molar-refractivity contribution in [2.45, 2.75) is 37.6 Å². The van der Waals surface area contributed by atoms with Gasteiger partial charge in [0, 0.05) is 19.6 Å². The Morgan fingerprint density at radius 3 is 2.42 bits per heavy atom. The third-order valence-electron chi connectivity index (χ3n) is 5.04. The second-order valence-corrected chi connectivity index (χ2v) is 9.35. The van der Waals surface area contributed by atoms with Crippen molar-refractivity contribution in [2.75, 3.05) is 19.7 Å². The molecule has 0 bridgehead atoms. The van der Waals surface area contributed by atoms with Gasteiger partial charge in [0.05, 0.1) is 5.56 Å². The van der Waals surface area contributed by atoms with E-state index in [1.54, 1.807) is 0 Å². The number of rotatable bonds is 7. The van der Waals surface area contributed by atoms with Crippen LogP contribution in [0, 0.1) is 12.7 Å². The SMILES string of the molecule is Cc1ccc(CNC(=O)COC(=O)c2ccc(F)c(S(=O)(=O)N3CCCCC3)c2)cc1. The Labute approximate surface area is 181 Å². The second-order valence-electron chi connectivity index (χ2n) is 7.45. The molecule has 9 heteroatoms. The predicted molar refractivity (Wildman–Crippen MR) is 112 cm³/mol. The fraction of sp³-hybridized carbons (Fsp3) is 0.364. The summed E-state index contributed by atoms with van der Waals surface area (Å²) in [5, 5.41) is 2.63. The van der Waals surface area contributed by atoms with Gasteiger partial charge in [-0.2, -0.15) is 4.31 Å². The van der Waals surface area contributed by atoms with E-state index in [1.165, 1.54) is 4.31 Å². The minimum atomic E-state index is -4.05. The summed E-state index contributed by atoms with van der Waals surface area (Å²) >= 11 is 0. The van der Waals surface area contributed by atoms with Crippen LogP contribution in [0.3, 0.4) is 0 Å². The number of halogens is 1. The molecule has 0 unspecified atom stereocenters. The zero-order valence-electron chi connectivity index (χ0n) is 17.3. The number of carbonyl (C=O) groups excluding carboxylic acids is 2. The Bertz CT molecular complexity index is 1050. The Hall–Kier alpha value is -2.78. The molecular weight excluding hydrogens is 423 g/mol. The van der Waals surface area contributed by atoms with Crippen molar-refractivity contribution in [1.29, 1.82) is 0 Å². The molecule has 1 N–H and O–H groups in total. The second kappa shape index (κ2) is 10.0. The molecule has 1 aliphatic rings. The largest absolute Gasteiger partial charge is 0.452 e. The lowest BCUT2D eigenvalue weighted by atomic mass is 10.1. The third-order valence-corrected chi connectivity index (χ3v) is 6.96. The number of amides is 1. The summed E-state index contributed by atoms with van der Waals surface area (Å²) in [4.78, 5) is 23.7. The number of carbonyl (C=O) groups is 2. The lowest BCUT2D eigenvalue weighted by Crippen LogP contribution is -2.36. The van der Waals surface area contributed by atoms with Gasteiger partial charge in [-0.15, -0.1) is 0 Å². The summed E-state index contributed by atoms with van der Waals surface area (Å²) in [7, 11) is -4.05. The minimum Gasteiger partial charge on any atom is -0.452 e. The van der Waals surface area contributed by atoms with E-state index in [0.29, 0.717) is 25.9 Å². The van der Waals surface area contributed by atoms with E-state index in [9.17, 15) is 22.4 Å². The first kappa shape index (κ1) is 22.9. The molecule has 0 saturated carbocycles. The van der Waals surface area contributed by atoms with Crippen molar-refractivity contribution < 1.29 is 27.1 Å². The molecule has 2 aromatic carbocycles. The first-order valence-electron chi connectivity index (χ1n) is 10.1. The molecule has 1 saturated heterocycles. The summed E-state index contributed by atoms with van der Waals surface area (Å²) in [6.45, 7) is 2.34. The molecule has 166 valence electrons. The van der Waals surface area contributed by atoms with Crippen molar-refractivity contribution in [3.05, 3.63) is 65.0 Å². The van der Waals surface area contributed by atoms with Crippen molar-refractivity contribution in [1.82, 2.24) is 9.62 Å². The monoisotopic (exact) mass is 448 g/mol. The Kier molecular flexibility index (Phi) is 7.40. The normalized spacial score (nSPS) is 14.8. The Morgan fingerprint density at radius 2 is 1.74 bits per heavy atom. The van der Waals surface area contributed by atoms with Crippen molar-refractivity contribution >= 4 is 21.9 Å². The molecule has 0 atom stereocenters. The smallest absolute Gasteiger partial charge is 0.338 e. The summed E-state index contributed by atoms with van der Waals surface area (Å²) in [5.41, 5.74) is 1.87. The molecular formula is C22H25FN2O5S. The van der Waals surface area contributed by atoms with Crippen LogP contribution in [0.1, 0.15) is 40.7 Å². The summed E-state index contributed by atoms with van der Waals surface area (Å²) in [6, 6.07) is 10.6. The van der Waals surface area contributed by atoms with Crippen LogP contribution in [0.25, 0.3) is 0 Å². The van der Waals surface area contributed by atoms with Crippen LogP contribution in [0.15, 0.2) is 47.4 Å². The van der Waals surface area contributed by atoms with E-state index >= 15 is 0 Å². The van der Waals surface area contributed by atoms with Gasteiger partial charge in [0.15, 0.2) is 6.61 Å². The molecule has 0 spiro atoms. The van der Waals surface area contributed by atoms with Gasteiger partial charge in [-0.25, -0.2) is 17.6 Å². The topological polar surface area (TPSA) is 92.8 Å². The molecule has 2 aromatic rings. The summed E-state index contributed by atoms with van der Waals surface area (Å²) < 4.78 is 46.0. The van der Waals surface area contributed by atoms with Gasteiger partial charge in [-0.05, 0) is 43.5 Å². The van der Waals surface area contributed by atoms with Gasteiger partial charge in [-0.1, -0.05) is 36.2 Å². The maximum atomic E-state index is 14.3. The minimum absolute atomic E-state index is 0.136. The molecule has 1 amide bonds. The molecule has 0 aliphatic carbocycles. The fourth-order valence-electron chi connectivity index (χ4n) is 3.24. The number of benzene rings is 2. The lowest BCUT2D eigenvalue weighted by molar-refractivity contribution is -0.124. The standard InChI is InChI=1S/C22H25FN2O5S/c1-16-5-7-17(8-6-16)14-24-21(26)15-30-22(27)18-9-10-19(23)20(13-18)31(28,29)25-11-3-2-4-12-25/h5-10,13H,2-4,11-12,14-15H2,1H3,(H,24,26). The molecule has 0 radical (unpaired) electrons. The number of piperidine rings is 1. The van der Waals surface area contributed by atoms with Gasteiger partial charge in [-0.3, -0.25) is 4.79 Å². The van der Waals surface area contributed by atoms with Gasteiger partial charge < -0.3 is 10.1 Å². The number of esters is 1. The van der Waals surface area contributed by atoms with Crippen LogP contribution in [0.4, 0.5) is 4.39 Å². The number of ether oxygens (including phenoxy) is 1. The van der Waals surface area contributed by atoms with Crippen LogP contribution in [0.5, 0.6) is 0 Å². The molecule has 31 heavy (non-hydrogen) atoms. The zero-order chi connectivity index (χ0) is 22.4. The van der Waals surface area contributed by atoms with E-state index in [1.807, 2.05) is 31.2 Å². The van der Waals surface area contributed by atoms with Crippen molar-refractivity contribution in [3.63, 3.8) is 0 Å². The number of hydrogen-bond donors (Lipinski definition) is 1. The Morgan fingerprint density at radius 1 is 1.06 bits per heavy atom. The molecule has 1 aliphatic heterocycles. The average Bonchev–Trinajstić information content (AvgIpc) is 2.78. The van der Waals surface area contributed by atoms with Crippen molar-refractivity contribution in [2.24, 2.45) is 0 Å². The van der Waals surface area contributed by atoms with Crippen LogP contribution >= 0.6 is 0 Å². The van der Waals surface area contributed by atoms with E-state index < -0.39 is 39.2 Å². The molecule has 1 heterocycles. The highest BCUT2D eigenvalue weighted by molar-refractivity contribution is 7.89. The third kappa shape index (κ3) is 5.89. The van der Waals surface area contributed by atoms with Crippen LogP contribution in [-0.4, -0.2) is 44.3 Å². The van der Waals surface area contributed by atoms with Crippen LogP contribution < -0.4 is 5.32 Å². The van der Waals surface area contributed by atoms with Crippen LogP contribution in [0.2, 0.25) is 0 Å². The van der Waals surface area contributed by atoms with Crippen LogP contribution in [-0.2, 0) is 26.1 Å². The van der Waals surface area contributed by atoms with E-state index in [-0.39, 0.29) is 12.1 Å². The first-order chi connectivity index (χ1) is 14.8. The summed E-state index contributed by atoms with van der Waals surface area (Å²) in [5.74, 6) is -2.34. The number of nitrogens with one attached hydrogen (secondary N) is 1. The highest BCUT2D eigenvalue weighted by Gasteiger charge is 2.29. The molecule has 3 rings (SSSR count). The van der Waals surface area contributed by atoms with Gasteiger partial charge >= 0.3 is 5.97 Å². The van der Waals surface area contributed by atoms with Gasteiger partial charge in [0.25, 0.3) is 5.91 Å². The summed E-state index contributed by atoms with van der Waals surface area (Å²) in [6.07, 6.45) is 2.34. The van der Waals surface area contributed by atoms with Gasteiger partial charge in [0.1, 0.15) is 10.7 Å². The number of nitrogens with zero attached hydrogens (tertiary/aromatic N) is 1. The maximum Gasteiger partial charge on any atom is 0.338 e. The molecule has 7 nitrogen and oxygen atoms in total. The van der Waals surface area contributed by atoms with E-state index in [2.05, 4.69) is 5.32 Å². The first-order valence-corrected chi connectivity index (χ1v) is 11.5. The molecule has 0 aromatic heterocycles. The quantitative estimate of drug-likeness (QED) is 0.658. The highest BCUT2D eigenvalue weighted by Crippen LogP contribution is 2.24. The average molecular weight is 449 g/mol. The number of hydrogen-bond acceptors (Lipinski definition) is 5. The zero-order valence-corrected chi connectivity index (χ0v) is 18.1. The number of sulfonamides is 1. The Balaban J connectivity index is 1.60. The maximum absolute atomic E-state index is 14.3. The predicted octanol–water partition coefficient (Wildman–Crippen LogP) is 2.78. The highest BCUT2D eigenvalue weighted by atomic mass is 32.2. The van der Waals surface area contributed by atoms with E-state index in [4.69, 9.17) is 4.74 Å². The van der Waals surface area contributed by atoms with E-state index in [0.717, 1.165) is 35.7 Å². The lowest BCUT2D eigenvalue weighted by Gasteiger charge is -2.26. The van der Waals surface area contributed by atoms with Crippen molar-refractivity contribution in [3.8, 4) is 0 Å². The van der Waals surface area contributed by atoms with Gasteiger partial charge in [0.2, 0.25) is 10.0 Å². The molecule has 1 fully saturated rings. The number of aryl methyl sites for hydroxylation is 1.